The number of pyridine rings is 1. The number of nitrogens with zero attached hydrogens (tertiary/aromatic N) is 2. The molecule has 1 atom stereocenters. The zero-order valence-electron chi connectivity index (χ0n) is 16.2. The van der Waals surface area contributed by atoms with Gasteiger partial charge in [-0.25, -0.2) is 4.98 Å². The van der Waals surface area contributed by atoms with E-state index < -0.39 is 11.3 Å². The molecule has 0 bridgehead atoms. The summed E-state index contributed by atoms with van der Waals surface area (Å²) in [5.41, 5.74) is 6.21. The predicted molar refractivity (Wildman–Crippen MR) is 112 cm³/mol. The maximum atomic E-state index is 13.0. The Hall–Kier alpha value is -2.31. The Morgan fingerprint density at radius 3 is 2.79 bits per heavy atom. The molecule has 1 aromatic heterocycles. The van der Waals surface area contributed by atoms with Crippen LogP contribution in [0.4, 0.5) is 0 Å². The Morgan fingerprint density at radius 1 is 1.31 bits per heavy atom. The highest BCUT2D eigenvalue weighted by atomic mass is 35.5. The summed E-state index contributed by atoms with van der Waals surface area (Å²) in [5, 5.41) is 0.823. The van der Waals surface area contributed by atoms with E-state index in [1.807, 2.05) is 13.0 Å². The normalized spacial score (nSPS) is 19.1. The summed E-state index contributed by atoms with van der Waals surface area (Å²) < 4.78 is 6.00. The summed E-state index contributed by atoms with van der Waals surface area (Å²) in [6, 6.07) is 8.73. The fourth-order valence-electron chi connectivity index (χ4n) is 3.72. The number of hydrogen-bond acceptors (Lipinski definition) is 4. The first-order chi connectivity index (χ1) is 13.8. The van der Waals surface area contributed by atoms with Crippen molar-refractivity contribution in [1.82, 2.24) is 9.88 Å². The molecule has 3 rings (SSSR count). The third-order valence-corrected chi connectivity index (χ3v) is 5.89. The molecule has 1 aliphatic rings. The van der Waals surface area contributed by atoms with Crippen LogP contribution in [-0.4, -0.2) is 41.4 Å². The zero-order valence-corrected chi connectivity index (χ0v) is 17.7. The van der Waals surface area contributed by atoms with E-state index in [2.05, 4.69) is 4.98 Å². The minimum Gasteiger partial charge on any atom is -0.493 e. The molecule has 1 aromatic carbocycles. The van der Waals surface area contributed by atoms with Crippen LogP contribution in [0, 0.1) is 12.3 Å². The molecule has 0 spiro atoms. The van der Waals surface area contributed by atoms with E-state index in [4.69, 9.17) is 33.7 Å². The van der Waals surface area contributed by atoms with Crippen LogP contribution in [0.25, 0.3) is 0 Å². The number of amides is 2. The van der Waals surface area contributed by atoms with Crippen molar-refractivity contribution >= 4 is 35.0 Å². The van der Waals surface area contributed by atoms with Gasteiger partial charge in [-0.3, -0.25) is 9.59 Å². The van der Waals surface area contributed by atoms with E-state index in [0.29, 0.717) is 29.4 Å². The number of aryl methyl sites for hydroxylation is 1. The average Bonchev–Trinajstić information content (AvgIpc) is 2.68. The van der Waals surface area contributed by atoms with Crippen LogP contribution in [0.15, 0.2) is 36.5 Å². The number of carbonyl (C=O) groups excluding carboxylic acids is 2. The first-order valence-corrected chi connectivity index (χ1v) is 10.1. The van der Waals surface area contributed by atoms with E-state index >= 15 is 0 Å². The molecular weight excluding hydrogens is 413 g/mol. The van der Waals surface area contributed by atoms with Gasteiger partial charge < -0.3 is 15.4 Å². The topological polar surface area (TPSA) is 85.5 Å². The van der Waals surface area contributed by atoms with E-state index in [9.17, 15) is 9.59 Å². The lowest BCUT2D eigenvalue weighted by Gasteiger charge is -2.42. The molecule has 6 nitrogen and oxygen atoms in total. The van der Waals surface area contributed by atoms with Crippen LogP contribution in [-0.2, 0) is 4.79 Å². The quantitative estimate of drug-likeness (QED) is 0.697. The third kappa shape index (κ3) is 5.19. The van der Waals surface area contributed by atoms with Gasteiger partial charge in [0, 0.05) is 36.1 Å². The second-order valence-corrected chi connectivity index (χ2v) is 8.28. The van der Waals surface area contributed by atoms with Gasteiger partial charge in [0.25, 0.3) is 5.91 Å². The predicted octanol–water partition coefficient (Wildman–Crippen LogP) is 3.87. The number of piperidine rings is 1. The number of nitrogens with two attached hydrogens (primary N) is 1. The highest BCUT2D eigenvalue weighted by Gasteiger charge is 2.40. The van der Waals surface area contributed by atoms with Gasteiger partial charge in [-0.15, -0.1) is 0 Å². The van der Waals surface area contributed by atoms with Crippen LogP contribution in [0.5, 0.6) is 5.75 Å². The number of primary amides is 1. The number of likely N-dealkylation sites (tertiary alicyclic amines) is 1. The van der Waals surface area contributed by atoms with Crippen molar-refractivity contribution in [3.8, 4) is 5.75 Å². The van der Waals surface area contributed by atoms with Crippen molar-refractivity contribution in [3.05, 3.63) is 57.8 Å². The zero-order chi connectivity index (χ0) is 21.0. The standard InChI is InChI=1S/C21H23Cl2N3O3/c1-14-10-15(5-6-17(14)22)29-13-21(11-18(24)27)7-3-9-26(12-21)20(28)16-4-2-8-25-19(16)23/h2,4-6,8,10H,3,7,9,11-13H2,1H3,(H2,24,27). The number of carbonyl (C=O) groups is 2. The summed E-state index contributed by atoms with van der Waals surface area (Å²) >= 11 is 12.2. The fraction of sp³-hybridized carbons (Fsp3) is 0.381. The molecule has 2 aromatic rings. The van der Waals surface area contributed by atoms with Gasteiger partial charge in [-0.1, -0.05) is 23.2 Å². The van der Waals surface area contributed by atoms with Crippen LogP contribution in [0.1, 0.15) is 35.2 Å². The summed E-state index contributed by atoms with van der Waals surface area (Å²) in [6.07, 6.45) is 3.13. The maximum absolute atomic E-state index is 13.0. The van der Waals surface area contributed by atoms with Crippen molar-refractivity contribution in [2.24, 2.45) is 11.1 Å². The highest BCUT2D eigenvalue weighted by molar-refractivity contribution is 6.32. The molecule has 2 amide bonds. The van der Waals surface area contributed by atoms with E-state index in [0.717, 1.165) is 18.4 Å². The van der Waals surface area contributed by atoms with Crippen molar-refractivity contribution in [3.63, 3.8) is 0 Å². The maximum Gasteiger partial charge on any atom is 0.257 e. The first kappa shape index (κ1) is 21.4. The average molecular weight is 436 g/mol. The molecule has 0 radical (unpaired) electrons. The number of rotatable bonds is 6. The molecule has 2 heterocycles. The number of aromatic nitrogens is 1. The highest BCUT2D eigenvalue weighted by Crippen LogP contribution is 2.35. The van der Waals surface area contributed by atoms with E-state index in [1.54, 1.807) is 29.2 Å². The molecule has 0 saturated carbocycles. The summed E-state index contributed by atoms with van der Waals surface area (Å²) in [6.45, 7) is 3.09. The molecule has 1 saturated heterocycles. The molecule has 1 fully saturated rings. The van der Waals surface area contributed by atoms with E-state index in [1.165, 1.54) is 6.20 Å². The number of ether oxygens (including phenoxy) is 1. The molecule has 29 heavy (non-hydrogen) atoms. The van der Waals surface area contributed by atoms with Crippen LogP contribution in [0.3, 0.4) is 0 Å². The molecule has 0 aliphatic carbocycles. The second-order valence-electron chi connectivity index (χ2n) is 7.51. The van der Waals surface area contributed by atoms with Crippen molar-refractivity contribution < 1.29 is 14.3 Å². The first-order valence-electron chi connectivity index (χ1n) is 9.37. The lowest BCUT2D eigenvalue weighted by Crippen LogP contribution is -2.50. The third-order valence-electron chi connectivity index (χ3n) is 5.16. The van der Waals surface area contributed by atoms with Crippen LogP contribution in [0.2, 0.25) is 10.2 Å². The van der Waals surface area contributed by atoms with E-state index in [-0.39, 0.29) is 24.1 Å². The summed E-state index contributed by atoms with van der Waals surface area (Å²) in [7, 11) is 0. The fourth-order valence-corrected chi connectivity index (χ4v) is 4.04. The molecular formula is C21H23Cl2N3O3. The number of hydrogen-bond donors (Lipinski definition) is 1. The van der Waals surface area contributed by atoms with Crippen molar-refractivity contribution in [2.75, 3.05) is 19.7 Å². The van der Waals surface area contributed by atoms with Crippen molar-refractivity contribution in [1.29, 1.82) is 0 Å². The lowest BCUT2D eigenvalue weighted by molar-refractivity contribution is -0.122. The Morgan fingerprint density at radius 2 is 2.10 bits per heavy atom. The van der Waals surface area contributed by atoms with Gasteiger partial charge in [0.2, 0.25) is 5.91 Å². The van der Waals surface area contributed by atoms with Gasteiger partial charge in [0.15, 0.2) is 0 Å². The number of halogens is 2. The van der Waals surface area contributed by atoms with Gasteiger partial charge in [0.1, 0.15) is 10.9 Å². The minimum atomic E-state index is -0.567. The monoisotopic (exact) mass is 435 g/mol. The van der Waals surface area contributed by atoms with Gasteiger partial charge in [-0.2, -0.15) is 0 Å². The van der Waals surface area contributed by atoms with Crippen molar-refractivity contribution in [2.45, 2.75) is 26.2 Å². The molecule has 2 N–H and O–H groups in total. The Balaban J connectivity index is 1.79. The number of benzene rings is 1. The van der Waals surface area contributed by atoms with Gasteiger partial charge in [0.05, 0.1) is 12.2 Å². The minimum absolute atomic E-state index is 0.129. The van der Waals surface area contributed by atoms with Gasteiger partial charge in [-0.05, 0) is 55.7 Å². The SMILES string of the molecule is Cc1cc(OCC2(CC(N)=O)CCCN(C(=O)c3cccnc3Cl)C2)ccc1Cl. The molecule has 1 unspecified atom stereocenters. The molecule has 8 heteroatoms. The Labute approximate surface area is 179 Å². The molecule has 1 aliphatic heterocycles. The Bertz CT molecular complexity index is 922. The Kier molecular flexibility index (Phi) is 6.65. The largest absolute Gasteiger partial charge is 0.493 e. The van der Waals surface area contributed by atoms with Crippen LogP contribution >= 0.6 is 23.2 Å². The summed E-state index contributed by atoms with van der Waals surface area (Å²) in [4.78, 5) is 30.5. The summed E-state index contributed by atoms with van der Waals surface area (Å²) in [5.74, 6) is 0.0306. The lowest BCUT2D eigenvalue weighted by atomic mass is 9.77. The second kappa shape index (κ2) is 9.01. The smallest absolute Gasteiger partial charge is 0.257 e. The van der Waals surface area contributed by atoms with Crippen LogP contribution < -0.4 is 10.5 Å². The van der Waals surface area contributed by atoms with Gasteiger partial charge >= 0.3 is 0 Å². The molecule has 154 valence electrons.